The van der Waals surface area contributed by atoms with Crippen molar-refractivity contribution in [2.45, 2.75) is 13.1 Å². The Bertz CT molecular complexity index is 1460. The molecule has 0 fully saturated rings. The first-order chi connectivity index (χ1) is 16.5. The molecule has 2 aromatic carbocycles. The molecule has 0 saturated heterocycles. The van der Waals surface area contributed by atoms with Crippen molar-refractivity contribution in [2.75, 3.05) is 5.32 Å². The number of hydrogen-bond donors (Lipinski definition) is 1. The Kier molecular flexibility index (Phi) is 6.19. The largest absolute Gasteiger partial charge is 0.467 e. The van der Waals surface area contributed by atoms with Crippen molar-refractivity contribution >= 4 is 57.6 Å². The molecular formula is C23H15Cl3N6O2. The number of nitrogens with one attached hydrogen (secondary N) is 1. The van der Waals surface area contributed by atoms with Gasteiger partial charge in [-0.2, -0.15) is 0 Å². The van der Waals surface area contributed by atoms with Crippen molar-refractivity contribution in [1.29, 1.82) is 0 Å². The summed E-state index contributed by atoms with van der Waals surface area (Å²) in [5, 5.41) is 12.6. The zero-order valence-corrected chi connectivity index (χ0v) is 19.6. The Hall–Kier alpha value is -3.46. The van der Waals surface area contributed by atoms with E-state index in [0.29, 0.717) is 40.7 Å². The van der Waals surface area contributed by atoms with E-state index in [2.05, 4.69) is 25.6 Å². The Morgan fingerprint density at radius 1 is 1.03 bits per heavy atom. The van der Waals surface area contributed by atoms with Gasteiger partial charge >= 0.3 is 0 Å². The van der Waals surface area contributed by atoms with E-state index in [1.807, 2.05) is 12.1 Å². The molecule has 0 spiro atoms. The number of aromatic nitrogens is 5. The predicted molar refractivity (Wildman–Crippen MR) is 130 cm³/mol. The number of fused-ring (bicyclic) bond motifs is 1. The van der Waals surface area contributed by atoms with Crippen LogP contribution < -0.4 is 5.32 Å². The molecule has 0 amide bonds. The monoisotopic (exact) mass is 512 g/mol. The van der Waals surface area contributed by atoms with Gasteiger partial charge < -0.3 is 9.73 Å². The van der Waals surface area contributed by atoms with Crippen LogP contribution in [0, 0.1) is 0 Å². The van der Waals surface area contributed by atoms with Gasteiger partial charge in [-0.15, -0.1) is 5.10 Å². The normalized spacial score (nSPS) is 11.1. The smallest absolute Gasteiger partial charge is 0.196 e. The Morgan fingerprint density at radius 3 is 2.50 bits per heavy atom. The van der Waals surface area contributed by atoms with Gasteiger partial charge in [-0.3, -0.25) is 4.79 Å². The van der Waals surface area contributed by atoms with Gasteiger partial charge in [-0.1, -0.05) is 40.0 Å². The number of ketones is 1. The second-order valence-corrected chi connectivity index (χ2v) is 8.60. The van der Waals surface area contributed by atoms with Crippen molar-refractivity contribution in [3.8, 4) is 0 Å². The quantitative estimate of drug-likeness (QED) is 0.280. The number of carbonyl (C=O) groups excluding carboxylic acids is 1. The van der Waals surface area contributed by atoms with Crippen molar-refractivity contribution < 1.29 is 9.21 Å². The van der Waals surface area contributed by atoms with Crippen LogP contribution in [0.1, 0.15) is 27.2 Å². The molecule has 0 aliphatic heterocycles. The maximum Gasteiger partial charge on any atom is 0.196 e. The Morgan fingerprint density at radius 2 is 1.79 bits per heavy atom. The van der Waals surface area contributed by atoms with Gasteiger partial charge in [0.05, 0.1) is 35.0 Å². The molecule has 3 aromatic heterocycles. The molecule has 5 aromatic rings. The minimum atomic E-state index is -0.288. The third kappa shape index (κ3) is 4.48. The third-order valence-electron chi connectivity index (χ3n) is 5.08. The summed E-state index contributed by atoms with van der Waals surface area (Å²) in [4.78, 5) is 21.5. The van der Waals surface area contributed by atoms with E-state index in [0.717, 1.165) is 11.3 Å². The molecule has 0 saturated carbocycles. The molecule has 0 radical (unpaired) electrons. The van der Waals surface area contributed by atoms with Crippen LogP contribution in [0.15, 0.2) is 65.5 Å². The maximum atomic E-state index is 12.9. The highest BCUT2D eigenvalue weighted by Gasteiger charge is 2.19. The fourth-order valence-corrected chi connectivity index (χ4v) is 4.29. The molecule has 0 aliphatic rings. The Balaban J connectivity index is 1.40. The van der Waals surface area contributed by atoms with E-state index in [-0.39, 0.29) is 21.4 Å². The lowest BCUT2D eigenvalue weighted by atomic mass is 10.0. The summed E-state index contributed by atoms with van der Waals surface area (Å²) in [5.41, 5.74) is 2.45. The summed E-state index contributed by atoms with van der Waals surface area (Å²) in [7, 11) is 0. The summed E-state index contributed by atoms with van der Waals surface area (Å²) >= 11 is 18.8. The van der Waals surface area contributed by atoms with Gasteiger partial charge in [0.15, 0.2) is 22.8 Å². The number of benzene rings is 2. The molecule has 1 N–H and O–H groups in total. The Labute approximate surface area is 208 Å². The van der Waals surface area contributed by atoms with Crippen molar-refractivity contribution in [3.63, 3.8) is 0 Å². The molecule has 8 nitrogen and oxygen atoms in total. The first kappa shape index (κ1) is 22.3. The highest BCUT2D eigenvalue weighted by atomic mass is 35.5. The molecule has 3 heterocycles. The fraction of sp³-hybridized carbons (Fsp3) is 0.0870. The SMILES string of the molecule is O=C(c1ccc(Cl)cc1)c1c(Cl)cc(Cn2nnc3c(NCc4ccco4)ncnc32)cc1Cl. The molecular weight excluding hydrogens is 499 g/mol. The molecule has 170 valence electrons. The average Bonchev–Trinajstić information content (AvgIpc) is 3.48. The summed E-state index contributed by atoms with van der Waals surface area (Å²) < 4.78 is 6.94. The summed E-state index contributed by atoms with van der Waals surface area (Å²) in [6.45, 7) is 0.736. The molecule has 11 heteroatoms. The summed E-state index contributed by atoms with van der Waals surface area (Å²) in [6, 6.07) is 13.6. The molecule has 5 rings (SSSR count). The van der Waals surface area contributed by atoms with E-state index < -0.39 is 0 Å². The van der Waals surface area contributed by atoms with Crippen molar-refractivity contribution in [2.24, 2.45) is 0 Å². The number of hydrogen-bond acceptors (Lipinski definition) is 7. The first-order valence-corrected chi connectivity index (χ1v) is 11.2. The highest BCUT2D eigenvalue weighted by molar-refractivity contribution is 6.41. The van der Waals surface area contributed by atoms with E-state index in [1.165, 1.54) is 6.33 Å². The maximum absolute atomic E-state index is 12.9. The molecule has 0 atom stereocenters. The summed E-state index contributed by atoms with van der Waals surface area (Å²) in [5.74, 6) is 1.01. The van der Waals surface area contributed by atoms with Crippen LogP contribution in [0.3, 0.4) is 0 Å². The van der Waals surface area contributed by atoms with Gasteiger partial charge in [0.1, 0.15) is 12.1 Å². The molecule has 0 aliphatic carbocycles. The summed E-state index contributed by atoms with van der Waals surface area (Å²) in [6.07, 6.45) is 3.04. The second-order valence-electron chi connectivity index (χ2n) is 7.34. The lowest BCUT2D eigenvalue weighted by Crippen LogP contribution is -2.07. The van der Waals surface area contributed by atoms with Gasteiger partial charge in [-0.05, 0) is 54.1 Å². The van der Waals surface area contributed by atoms with E-state index in [9.17, 15) is 4.79 Å². The fourth-order valence-electron chi connectivity index (χ4n) is 3.46. The first-order valence-electron chi connectivity index (χ1n) is 10.1. The average molecular weight is 514 g/mol. The van der Waals surface area contributed by atoms with Gasteiger partial charge in [0, 0.05) is 10.6 Å². The van der Waals surface area contributed by atoms with Gasteiger partial charge in [0.25, 0.3) is 0 Å². The van der Waals surface area contributed by atoms with Crippen LogP contribution in [0.2, 0.25) is 15.1 Å². The number of rotatable bonds is 7. The third-order valence-corrected chi connectivity index (χ3v) is 5.93. The minimum absolute atomic E-state index is 0.226. The van der Waals surface area contributed by atoms with Crippen LogP contribution >= 0.6 is 34.8 Å². The topological polar surface area (TPSA) is 98.7 Å². The van der Waals surface area contributed by atoms with E-state index in [4.69, 9.17) is 39.2 Å². The number of carbonyl (C=O) groups is 1. The molecule has 34 heavy (non-hydrogen) atoms. The zero-order chi connectivity index (χ0) is 23.7. The minimum Gasteiger partial charge on any atom is -0.467 e. The van der Waals surface area contributed by atoms with Crippen LogP contribution in [-0.4, -0.2) is 30.7 Å². The zero-order valence-electron chi connectivity index (χ0n) is 17.4. The number of halogens is 3. The lowest BCUT2D eigenvalue weighted by Gasteiger charge is -2.10. The van der Waals surface area contributed by atoms with E-state index in [1.54, 1.807) is 47.3 Å². The highest BCUT2D eigenvalue weighted by Crippen LogP contribution is 2.30. The number of nitrogens with zero attached hydrogens (tertiary/aromatic N) is 5. The van der Waals surface area contributed by atoms with Crippen LogP contribution in [-0.2, 0) is 13.1 Å². The van der Waals surface area contributed by atoms with Crippen LogP contribution in [0.4, 0.5) is 5.82 Å². The van der Waals surface area contributed by atoms with Gasteiger partial charge in [-0.25, -0.2) is 14.6 Å². The van der Waals surface area contributed by atoms with Gasteiger partial charge in [0.2, 0.25) is 0 Å². The number of furan rings is 1. The van der Waals surface area contributed by atoms with Crippen LogP contribution in [0.5, 0.6) is 0 Å². The molecule has 0 unspecified atom stereocenters. The predicted octanol–water partition coefficient (Wildman–Crippen LogP) is 5.67. The second kappa shape index (κ2) is 9.42. The standard InChI is InChI=1S/C23H15Cl3N6O2/c24-15-5-3-14(4-6-15)21(33)19-17(25)8-13(9-18(19)26)11-32-23-20(30-31-32)22(28-12-29-23)27-10-16-2-1-7-34-16/h1-9,12H,10-11H2,(H,27,28,29). The van der Waals surface area contributed by atoms with E-state index >= 15 is 0 Å². The van der Waals surface area contributed by atoms with Crippen LogP contribution in [0.25, 0.3) is 11.2 Å². The van der Waals surface area contributed by atoms with Crippen molar-refractivity contribution in [3.05, 3.63) is 98.6 Å². The number of anilines is 1. The molecule has 0 bridgehead atoms. The lowest BCUT2D eigenvalue weighted by molar-refractivity contribution is 0.103. The van der Waals surface area contributed by atoms with Crippen molar-refractivity contribution in [1.82, 2.24) is 25.0 Å².